The minimum Gasteiger partial charge on any atom is -0.506 e. The number of H-pyrrole nitrogens is 1. The van der Waals surface area contributed by atoms with Gasteiger partial charge in [-0.25, -0.2) is 0 Å². The molecular weight excluding hydrogens is 158 g/mol. The van der Waals surface area contributed by atoms with Gasteiger partial charge in [-0.05, 0) is 17.5 Å². The van der Waals surface area contributed by atoms with Gasteiger partial charge in [-0.3, -0.25) is 0 Å². The summed E-state index contributed by atoms with van der Waals surface area (Å²) in [5.41, 5.74) is 0.806. The third-order valence-electron chi connectivity index (χ3n) is 1.49. The second-order valence-electron chi connectivity index (χ2n) is 2.22. The molecule has 3 heteroatoms. The molecule has 2 nitrogen and oxygen atoms in total. The summed E-state index contributed by atoms with van der Waals surface area (Å²) in [6.07, 6.45) is 1.73. The standard InChI is InChI=1S/C8H7NOS/c10-6-3-4-9-8(6)7-2-1-5-11-7/h1-5,9-10H. The quantitative estimate of drug-likeness (QED) is 0.669. The van der Waals surface area contributed by atoms with Gasteiger partial charge < -0.3 is 10.1 Å². The molecule has 0 radical (unpaired) electrons. The number of aromatic nitrogens is 1. The zero-order valence-electron chi connectivity index (χ0n) is 5.74. The first-order valence-electron chi connectivity index (χ1n) is 3.28. The predicted octanol–water partition coefficient (Wildman–Crippen LogP) is 2.45. The van der Waals surface area contributed by atoms with E-state index in [1.807, 2.05) is 17.5 Å². The molecule has 0 aromatic carbocycles. The van der Waals surface area contributed by atoms with E-state index in [-0.39, 0.29) is 0 Å². The molecule has 0 aliphatic rings. The molecule has 56 valence electrons. The number of aromatic amines is 1. The van der Waals surface area contributed by atoms with E-state index in [9.17, 15) is 5.11 Å². The highest BCUT2D eigenvalue weighted by molar-refractivity contribution is 7.13. The summed E-state index contributed by atoms with van der Waals surface area (Å²) in [5, 5.41) is 11.3. The van der Waals surface area contributed by atoms with Crippen LogP contribution in [0, 0.1) is 0 Å². The van der Waals surface area contributed by atoms with Gasteiger partial charge in [0.05, 0.1) is 10.6 Å². The Bertz CT molecular complexity index is 337. The Labute approximate surface area is 68.1 Å². The molecule has 0 aliphatic heterocycles. The lowest BCUT2D eigenvalue weighted by Gasteiger charge is -1.91. The van der Waals surface area contributed by atoms with Crippen LogP contribution in [-0.2, 0) is 0 Å². The third kappa shape index (κ3) is 1.03. The van der Waals surface area contributed by atoms with Crippen molar-refractivity contribution in [2.24, 2.45) is 0 Å². The Kier molecular flexibility index (Phi) is 1.43. The average molecular weight is 165 g/mol. The first kappa shape index (κ1) is 6.49. The summed E-state index contributed by atoms with van der Waals surface area (Å²) < 4.78 is 0. The van der Waals surface area contributed by atoms with Crippen molar-refractivity contribution in [3.05, 3.63) is 29.8 Å². The molecular formula is C8H7NOS. The highest BCUT2D eigenvalue weighted by Crippen LogP contribution is 2.30. The maximum absolute atomic E-state index is 9.30. The highest BCUT2D eigenvalue weighted by atomic mass is 32.1. The van der Waals surface area contributed by atoms with E-state index in [1.54, 1.807) is 23.6 Å². The summed E-state index contributed by atoms with van der Waals surface area (Å²) in [7, 11) is 0. The lowest BCUT2D eigenvalue weighted by Crippen LogP contribution is -1.68. The molecule has 0 aliphatic carbocycles. The molecule has 0 fully saturated rings. The number of nitrogens with one attached hydrogen (secondary N) is 1. The molecule has 0 saturated carbocycles. The fourth-order valence-electron chi connectivity index (χ4n) is 0.979. The number of hydrogen-bond acceptors (Lipinski definition) is 2. The first-order chi connectivity index (χ1) is 5.38. The Balaban J connectivity index is 2.53. The lowest BCUT2D eigenvalue weighted by atomic mass is 10.3. The third-order valence-corrected chi connectivity index (χ3v) is 2.38. The predicted molar refractivity (Wildman–Crippen MR) is 45.8 cm³/mol. The molecule has 2 heterocycles. The zero-order valence-corrected chi connectivity index (χ0v) is 6.56. The van der Waals surface area contributed by atoms with Gasteiger partial charge in [-0.2, -0.15) is 0 Å². The fourth-order valence-corrected chi connectivity index (χ4v) is 1.72. The van der Waals surface area contributed by atoms with Gasteiger partial charge in [0.15, 0.2) is 0 Å². The second-order valence-corrected chi connectivity index (χ2v) is 3.16. The minimum atomic E-state index is 0.312. The van der Waals surface area contributed by atoms with E-state index in [4.69, 9.17) is 0 Å². The van der Waals surface area contributed by atoms with Gasteiger partial charge in [0.1, 0.15) is 5.75 Å². The SMILES string of the molecule is Oc1cc[nH]c1-c1cccs1. The number of rotatable bonds is 1. The maximum Gasteiger partial charge on any atom is 0.141 e. The van der Waals surface area contributed by atoms with Crippen LogP contribution in [0.25, 0.3) is 10.6 Å². The molecule has 11 heavy (non-hydrogen) atoms. The maximum atomic E-state index is 9.30. The molecule has 2 N–H and O–H groups in total. The fraction of sp³-hybridized carbons (Fsp3) is 0. The Morgan fingerprint density at radius 3 is 2.82 bits per heavy atom. The molecule has 2 aromatic rings. The van der Waals surface area contributed by atoms with Crippen molar-refractivity contribution < 1.29 is 5.11 Å². The van der Waals surface area contributed by atoms with Crippen molar-refractivity contribution in [1.29, 1.82) is 0 Å². The summed E-state index contributed by atoms with van der Waals surface area (Å²) in [4.78, 5) is 4.03. The van der Waals surface area contributed by atoms with E-state index in [0.29, 0.717) is 5.75 Å². The number of aromatic hydroxyl groups is 1. The average Bonchev–Trinajstić information content (AvgIpc) is 2.55. The van der Waals surface area contributed by atoms with Crippen LogP contribution in [0.2, 0.25) is 0 Å². The molecule has 2 aromatic heterocycles. The zero-order chi connectivity index (χ0) is 7.68. The topological polar surface area (TPSA) is 36.0 Å². The van der Waals surface area contributed by atoms with Crippen molar-refractivity contribution in [2.75, 3.05) is 0 Å². The monoisotopic (exact) mass is 165 g/mol. The van der Waals surface area contributed by atoms with E-state index in [0.717, 1.165) is 10.6 Å². The number of hydrogen-bond donors (Lipinski definition) is 2. The van der Waals surface area contributed by atoms with Gasteiger partial charge in [-0.15, -0.1) is 11.3 Å². The normalized spacial score (nSPS) is 10.2. The van der Waals surface area contributed by atoms with E-state index in [2.05, 4.69) is 4.98 Å². The van der Waals surface area contributed by atoms with Crippen LogP contribution in [0.3, 0.4) is 0 Å². The first-order valence-corrected chi connectivity index (χ1v) is 4.16. The molecule has 0 atom stereocenters. The van der Waals surface area contributed by atoms with E-state index < -0.39 is 0 Å². The van der Waals surface area contributed by atoms with Gasteiger partial charge in [-0.1, -0.05) is 6.07 Å². The smallest absolute Gasteiger partial charge is 0.141 e. The molecule has 0 amide bonds. The number of thiophene rings is 1. The van der Waals surface area contributed by atoms with E-state index >= 15 is 0 Å². The van der Waals surface area contributed by atoms with Crippen molar-refractivity contribution in [3.8, 4) is 16.3 Å². The van der Waals surface area contributed by atoms with Gasteiger partial charge in [0.2, 0.25) is 0 Å². The molecule has 2 rings (SSSR count). The summed E-state index contributed by atoms with van der Waals surface area (Å²) >= 11 is 1.60. The van der Waals surface area contributed by atoms with Gasteiger partial charge in [0.25, 0.3) is 0 Å². The summed E-state index contributed by atoms with van der Waals surface area (Å²) in [6, 6.07) is 5.57. The van der Waals surface area contributed by atoms with E-state index in [1.165, 1.54) is 0 Å². The highest BCUT2D eigenvalue weighted by Gasteiger charge is 2.03. The Morgan fingerprint density at radius 1 is 1.36 bits per heavy atom. The summed E-state index contributed by atoms with van der Waals surface area (Å²) in [6.45, 7) is 0. The van der Waals surface area contributed by atoms with Crippen LogP contribution in [0.15, 0.2) is 29.8 Å². The van der Waals surface area contributed by atoms with Crippen LogP contribution in [0.1, 0.15) is 0 Å². The van der Waals surface area contributed by atoms with Crippen molar-refractivity contribution in [2.45, 2.75) is 0 Å². The Morgan fingerprint density at radius 2 is 2.27 bits per heavy atom. The molecule has 0 bridgehead atoms. The minimum absolute atomic E-state index is 0.312. The second kappa shape index (κ2) is 2.43. The van der Waals surface area contributed by atoms with Crippen molar-refractivity contribution in [3.63, 3.8) is 0 Å². The van der Waals surface area contributed by atoms with Crippen LogP contribution < -0.4 is 0 Å². The Hall–Kier alpha value is -1.22. The largest absolute Gasteiger partial charge is 0.506 e. The van der Waals surface area contributed by atoms with Crippen LogP contribution in [-0.4, -0.2) is 10.1 Å². The molecule has 0 spiro atoms. The van der Waals surface area contributed by atoms with Crippen LogP contribution in [0.5, 0.6) is 5.75 Å². The lowest BCUT2D eigenvalue weighted by molar-refractivity contribution is 0.478. The summed E-state index contributed by atoms with van der Waals surface area (Å²) in [5.74, 6) is 0.312. The van der Waals surface area contributed by atoms with Crippen LogP contribution in [0.4, 0.5) is 0 Å². The van der Waals surface area contributed by atoms with Crippen LogP contribution >= 0.6 is 11.3 Å². The molecule has 0 saturated heterocycles. The van der Waals surface area contributed by atoms with Gasteiger partial charge >= 0.3 is 0 Å². The van der Waals surface area contributed by atoms with Crippen molar-refractivity contribution in [1.82, 2.24) is 4.98 Å². The molecule has 0 unspecified atom stereocenters. The van der Waals surface area contributed by atoms with Crippen molar-refractivity contribution >= 4 is 11.3 Å². The van der Waals surface area contributed by atoms with Gasteiger partial charge in [0, 0.05) is 6.20 Å².